The maximum atomic E-state index is 14.6. The molecule has 0 saturated carbocycles. The molecule has 1 aromatic heterocycles. The van der Waals surface area contributed by atoms with Crippen molar-refractivity contribution in [3.8, 4) is 0 Å². The smallest absolute Gasteiger partial charge is 0.416 e. The lowest BCUT2D eigenvalue weighted by molar-refractivity contribution is -0.697. The quantitative estimate of drug-likeness (QED) is 0.201. The Labute approximate surface area is 230 Å². The zero-order chi connectivity index (χ0) is 28.7. The summed E-state index contributed by atoms with van der Waals surface area (Å²) < 4.78 is 62.2. The molecule has 0 aliphatic carbocycles. The maximum absolute atomic E-state index is 14.6. The lowest BCUT2D eigenvalue weighted by atomic mass is 10.1. The summed E-state index contributed by atoms with van der Waals surface area (Å²) in [6.45, 7) is 3.06. The normalized spacial score (nSPS) is 12.4. The molecule has 210 valence electrons. The number of rotatable bonds is 11. The molecule has 0 saturated heterocycles. The zero-order valence-corrected chi connectivity index (χ0v) is 23.0. The van der Waals surface area contributed by atoms with Crippen molar-refractivity contribution in [1.82, 2.24) is 9.13 Å². The van der Waals surface area contributed by atoms with Crippen molar-refractivity contribution in [3.63, 3.8) is 0 Å². The van der Waals surface area contributed by atoms with Crippen LogP contribution in [0.2, 0.25) is 0 Å². The van der Waals surface area contributed by atoms with E-state index in [1.807, 2.05) is 23.5 Å². The molecule has 0 fully saturated rings. The van der Waals surface area contributed by atoms with E-state index >= 15 is 0 Å². The molecule has 2 aromatic carbocycles. The van der Waals surface area contributed by atoms with Crippen LogP contribution in [-0.2, 0) is 28.8 Å². The van der Waals surface area contributed by atoms with Crippen LogP contribution in [0.5, 0.6) is 0 Å². The van der Waals surface area contributed by atoms with Crippen molar-refractivity contribution in [2.24, 2.45) is 0 Å². The fraction of sp³-hybridized carbons (Fsp3) is 0.370. The Morgan fingerprint density at radius 2 is 1.77 bits per heavy atom. The van der Waals surface area contributed by atoms with Gasteiger partial charge in [-0.05, 0) is 41.9 Å². The SMILES string of the molecule is CCOC(=O)CCC[NH2+][C@@H](Cn1c(=O)c(Br)c(C)n(Cc2c(F)cccc2C(F)(F)F)c1=O)c1ccccc1. The van der Waals surface area contributed by atoms with Gasteiger partial charge in [0.05, 0.1) is 38.2 Å². The third-order valence-corrected chi connectivity index (χ3v) is 7.22. The molecule has 1 heterocycles. The maximum Gasteiger partial charge on any atom is 0.416 e. The summed E-state index contributed by atoms with van der Waals surface area (Å²) in [5.74, 6) is -1.43. The minimum atomic E-state index is -4.84. The highest BCUT2D eigenvalue weighted by Gasteiger charge is 2.35. The fourth-order valence-corrected chi connectivity index (χ4v) is 4.70. The second kappa shape index (κ2) is 13.2. The van der Waals surface area contributed by atoms with Crippen LogP contribution >= 0.6 is 15.9 Å². The number of esters is 1. The minimum Gasteiger partial charge on any atom is -0.466 e. The molecule has 3 rings (SSSR count). The van der Waals surface area contributed by atoms with E-state index in [1.165, 1.54) is 6.92 Å². The van der Waals surface area contributed by atoms with Crippen LogP contribution in [0.25, 0.3) is 0 Å². The lowest BCUT2D eigenvalue weighted by Crippen LogP contribution is -2.86. The van der Waals surface area contributed by atoms with E-state index in [4.69, 9.17) is 4.74 Å². The monoisotopic (exact) mass is 614 g/mol. The average Bonchev–Trinajstić information content (AvgIpc) is 2.90. The van der Waals surface area contributed by atoms with E-state index in [2.05, 4.69) is 15.9 Å². The highest BCUT2D eigenvalue weighted by atomic mass is 79.9. The predicted octanol–water partition coefficient (Wildman–Crippen LogP) is 3.94. The third-order valence-electron chi connectivity index (χ3n) is 6.31. The first-order valence-electron chi connectivity index (χ1n) is 12.3. The van der Waals surface area contributed by atoms with Crippen LogP contribution in [0.3, 0.4) is 0 Å². The number of ether oxygens (including phenoxy) is 1. The molecule has 0 amide bonds. The minimum absolute atomic E-state index is 0.0129. The van der Waals surface area contributed by atoms with E-state index in [9.17, 15) is 31.9 Å². The fourth-order valence-electron chi connectivity index (χ4n) is 4.27. The molecule has 2 N–H and O–H groups in total. The molecule has 39 heavy (non-hydrogen) atoms. The van der Waals surface area contributed by atoms with Gasteiger partial charge in [0.15, 0.2) is 0 Å². The second-order valence-electron chi connectivity index (χ2n) is 8.90. The number of benzene rings is 2. The molecule has 0 bridgehead atoms. The lowest BCUT2D eigenvalue weighted by Gasteiger charge is -2.21. The number of carbonyl (C=O) groups is 1. The highest BCUT2D eigenvalue weighted by Crippen LogP contribution is 2.33. The Kier molecular flexibility index (Phi) is 10.3. The van der Waals surface area contributed by atoms with Crippen molar-refractivity contribution < 1.29 is 32.4 Å². The van der Waals surface area contributed by atoms with E-state index in [0.717, 1.165) is 32.9 Å². The van der Waals surface area contributed by atoms with Crippen LogP contribution in [0, 0.1) is 12.7 Å². The zero-order valence-electron chi connectivity index (χ0n) is 21.4. The molecule has 12 heteroatoms. The van der Waals surface area contributed by atoms with Crippen molar-refractivity contribution in [3.05, 3.63) is 102 Å². The van der Waals surface area contributed by atoms with Gasteiger partial charge in [0.2, 0.25) is 0 Å². The van der Waals surface area contributed by atoms with Gasteiger partial charge in [-0.2, -0.15) is 13.2 Å². The summed E-state index contributed by atoms with van der Waals surface area (Å²) in [5.41, 5.74) is -2.53. The Bertz CT molecular complexity index is 1420. The van der Waals surface area contributed by atoms with E-state index in [0.29, 0.717) is 13.0 Å². The van der Waals surface area contributed by atoms with Gasteiger partial charge in [-0.25, -0.2) is 9.18 Å². The van der Waals surface area contributed by atoms with Crippen molar-refractivity contribution in [1.29, 1.82) is 0 Å². The first-order chi connectivity index (χ1) is 18.5. The van der Waals surface area contributed by atoms with Gasteiger partial charge in [-0.3, -0.25) is 18.7 Å². The Balaban J connectivity index is 1.99. The molecule has 0 aliphatic heterocycles. The predicted molar refractivity (Wildman–Crippen MR) is 140 cm³/mol. The summed E-state index contributed by atoms with van der Waals surface area (Å²) >= 11 is 3.17. The number of alkyl halides is 3. The molecule has 7 nitrogen and oxygen atoms in total. The van der Waals surface area contributed by atoms with Gasteiger partial charge in [0, 0.05) is 23.2 Å². The van der Waals surface area contributed by atoms with Crippen LogP contribution in [0.15, 0.2) is 62.6 Å². The van der Waals surface area contributed by atoms with E-state index < -0.39 is 47.0 Å². The topological polar surface area (TPSA) is 86.9 Å². The summed E-state index contributed by atoms with van der Waals surface area (Å²) in [6.07, 6.45) is -4.14. The van der Waals surface area contributed by atoms with Gasteiger partial charge in [0.25, 0.3) is 5.56 Å². The van der Waals surface area contributed by atoms with Crippen molar-refractivity contribution in [2.45, 2.75) is 52.0 Å². The standard InChI is InChI=1S/C27H28BrF4N3O4/c1-3-39-23(36)13-8-14-33-22(18-9-5-4-6-10-18)16-35-25(37)24(28)17(2)34(26(35)38)15-19-20(27(30,31)32)11-7-12-21(19)29/h4-7,9-12,22,33H,3,8,13-16H2,1-2H3/p+1/t22-/m0/s1. The summed E-state index contributed by atoms with van der Waals surface area (Å²) in [5, 5.41) is 1.89. The molecule has 0 radical (unpaired) electrons. The summed E-state index contributed by atoms with van der Waals surface area (Å²) in [7, 11) is 0. The van der Waals surface area contributed by atoms with Crippen LogP contribution in [-0.4, -0.2) is 28.3 Å². The number of aromatic nitrogens is 2. The summed E-state index contributed by atoms with van der Waals surface area (Å²) in [6, 6.07) is 11.2. The first kappa shape index (κ1) is 30.3. The molecule has 1 atom stereocenters. The number of halogens is 5. The van der Waals surface area contributed by atoms with Gasteiger partial charge in [-0.1, -0.05) is 36.4 Å². The number of hydrogen-bond donors (Lipinski definition) is 1. The van der Waals surface area contributed by atoms with E-state index in [1.54, 1.807) is 19.1 Å². The Morgan fingerprint density at radius 3 is 2.41 bits per heavy atom. The van der Waals surface area contributed by atoms with Gasteiger partial charge >= 0.3 is 17.8 Å². The van der Waals surface area contributed by atoms with Gasteiger partial charge in [0.1, 0.15) is 16.3 Å². The number of hydrogen-bond acceptors (Lipinski definition) is 4. The second-order valence-corrected chi connectivity index (χ2v) is 9.69. The molecule has 3 aromatic rings. The molecular formula is C27H29BrF4N3O4+. The van der Waals surface area contributed by atoms with Crippen LogP contribution < -0.4 is 16.6 Å². The molecule has 0 unspecified atom stereocenters. The van der Waals surface area contributed by atoms with Gasteiger partial charge in [-0.15, -0.1) is 0 Å². The number of nitrogens with zero attached hydrogens (tertiary/aromatic N) is 2. The Morgan fingerprint density at radius 1 is 1.08 bits per heavy atom. The van der Waals surface area contributed by atoms with Gasteiger partial charge < -0.3 is 10.1 Å². The molecular weight excluding hydrogens is 586 g/mol. The molecule has 0 aliphatic rings. The largest absolute Gasteiger partial charge is 0.466 e. The van der Waals surface area contributed by atoms with E-state index in [-0.39, 0.29) is 35.7 Å². The van der Waals surface area contributed by atoms with Crippen molar-refractivity contribution >= 4 is 21.9 Å². The number of quaternary nitrogens is 1. The highest BCUT2D eigenvalue weighted by molar-refractivity contribution is 9.10. The van der Waals surface area contributed by atoms with Crippen molar-refractivity contribution in [2.75, 3.05) is 13.2 Å². The molecule has 0 spiro atoms. The number of carbonyl (C=O) groups excluding carboxylic acids is 1. The van der Waals surface area contributed by atoms with Crippen LogP contribution in [0.4, 0.5) is 17.6 Å². The van der Waals surface area contributed by atoms with Crippen LogP contribution in [0.1, 0.15) is 48.2 Å². The third kappa shape index (κ3) is 7.45. The average molecular weight is 615 g/mol. The Hall–Kier alpha value is -3.25. The first-order valence-corrected chi connectivity index (χ1v) is 13.1. The number of nitrogens with two attached hydrogens (primary N) is 1. The summed E-state index contributed by atoms with van der Waals surface area (Å²) in [4.78, 5) is 38.3.